The maximum atomic E-state index is 12.4. The third-order valence-electron chi connectivity index (χ3n) is 4.92. The Bertz CT molecular complexity index is 1080. The molecule has 0 aliphatic rings. The first-order valence-corrected chi connectivity index (χ1v) is 10.1. The van der Waals surface area contributed by atoms with E-state index in [0.717, 1.165) is 11.1 Å². The van der Waals surface area contributed by atoms with Crippen LogP contribution in [-0.4, -0.2) is 27.2 Å². The number of fused-ring (bicyclic) bond motifs is 1. The van der Waals surface area contributed by atoms with Crippen LogP contribution in [0.15, 0.2) is 83.4 Å². The summed E-state index contributed by atoms with van der Waals surface area (Å²) < 4.78 is 11.0. The van der Waals surface area contributed by atoms with E-state index in [-0.39, 0.29) is 12.5 Å². The highest BCUT2D eigenvalue weighted by atomic mass is 16.5. The number of carbonyl (C=O) groups excluding carboxylic acids is 1. The zero-order valence-corrected chi connectivity index (χ0v) is 16.8. The second-order valence-electron chi connectivity index (χ2n) is 7.16. The monoisotopic (exact) mass is 417 g/mol. The largest absolute Gasteiger partial charge is 0.445 e. The van der Waals surface area contributed by atoms with Crippen LogP contribution in [0.25, 0.3) is 11.2 Å². The Morgan fingerprint density at radius 1 is 1.00 bits per heavy atom. The van der Waals surface area contributed by atoms with Crippen LogP contribution in [0.3, 0.4) is 0 Å². The predicted octanol–water partition coefficient (Wildman–Crippen LogP) is 4.18. The lowest BCUT2D eigenvalue weighted by molar-refractivity contribution is 0.0833. The van der Waals surface area contributed by atoms with E-state index in [9.17, 15) is 9.90 Å². The minimum Gasteiger partial charge on any atom is -0.445 e. The van der Waals surface area contributed by atoms with Gasteiger partial charge in [-0.25, -0.2) is 9.78 Å². The number of pyridine rings is 1. The van der Waals surface area contributed by atoms with Gasteiger partial charge >= 0.3 is 6.09 Å². The molecule has 7 heteroatoms. The molecule has 4 rings (SSSR count). The number of hydrogen-bond acceptors (Lipinski definition) is 6. The molecule has 0 aliphatic heterocycles. The molecule has 31 heavy (non-hydrogen) atoms. The van der Waals surface area contributed by atoms with Crippen molar-refractivity contribution in [2.24, 2.45) is 0 Å². The van der Waals surface area contributed by atoms with Crippen LogP contribution in [0.4, 0.5) is 4.79 Å². The van der Waals surface area contributed by atoms with Crippen LogP contribution in [0, 0.1) is 0 Å². The summed E-state index contributed by atoms with van der Waals surface area (Å²) in [5.74, 6) is 0.107. The summed E-state index contributed by atoms with van der Waals surface area (Å²) in [5, 5.41) is 13.7. The minimum absolute atomic E-state index is 0.107. The number of aliphatic hydroxyl groups excluding tert-OH is 1. The second-order valence-corrected chi connectivity index (χ2v) is 7.16. The number of amides is 1. The summed E-state index contributed by atoms with van der Waals surface area (Å²) in [4.78, 5) is 20.8. The number of carbonyl (C=O) groups is 1. The number of nitrogens with zero attached hydrogens (tertiary/aromatic N) is 2. The first kappa shape index (κ1) is 20.6. The van der Waals surface area contributed by atoms with Crippen molar-refractivity contribution in [3.05, 3.63) is 96.0 Å². The van der Waals surface area contributed by atoms with E-state index in [1.807, 2.05) is 60.7 Å². The summed E-state index contributed by atoms with van der Waals surface area (Å²) in [5.41, 5.74) is 2.86. The fraction of sp³-hybridized carbons (Fsp3) is 0.208. The molecular weight excluding hydrogens is 394 g/mol. The van der Waals surface area contributed by atoms with Crippen molar-refractivity contribution in [3.8, 4) is 0 Å². The fourth-order valence-electron chi connectivity index (χ4n) is 3.28. The number of aromatic nitrogens is 2. The van der Waals surface area contributed by atoms with E-state index >= 15 is 0 Å². The van der Waals surface area contributed by atoms with Crippen LogP contribution >= 0.6 is 0 Å². The quantitative estimate of drug-likeness (QED) is 0.446. The molecule has 2 aromatic carbocycles. The van der Waals surface area contributed by atoms with E-state index in [1.165, 1.54) is 0 Å². The topological polar surface area (TPSA) is 97.5 Å². The van der Waals surface area contributed by atoms with E-state index in [4.69, 9.17) is 9.15 Å². The van der Waals surface area contributed by atoms with Gasteiger partial charge in [0.05, 0.1) is 6.04 Å². The Morgan fingerprint density at radius 2 is 1.71 bits per heavy atom. The predicted molar refractivity (Wildman–Crippen MR) is 115 cm³/mol. The van der Waals surface area contributed by atoms with Gasteiger partial charge in [0.1, 0.15) is 6.61 Å². The van der Waals surface area contributed by atoms with Crippen molar-refractivity contribution in [2.75, 3.05) is 0 Å². The smallest absolute Gasteiger partial charge is 0.407 e. The van der Waals surface area contributed by atoms with Gasteiger partial charge < -0.3 is 19.6 Å². The summed E-state index contributed by atoms with van der Waals surface area (Å²) in [6.07, 6.45) is 0.961. The van der Waals surface area contributed by atoms with E-state index < -0.39 is 18.2 Å². The Kier molecular flexibility index (Phi) is 6.54. The molecule has 2 N–H and O–H groups in total. The average Bonchev–Trinajstić information content (AvgIpc) is 3.26. The van der Waals surface area contributed by atoms with Gasteiger partial charge in [0.25, 0.3) is 0 Å². The molecule has 0 radical (unpaired) electrons. The molecule has 0 spiro atoms. The molecule has 2 aromatic heterocycles. The van der Waals surface area contributed by atoms with Gasteiger partial charge in [-0.2, -0.15) is 4.98 Å². The number of ether oxygens (including phenoxy) is 1. The Morgan fingerprint density at radius 3 is 2.42 bits per heavy atom. The lowest BCUT2D eigenvalue weighted by Gasteiger charge is -2.22. The first-order chi connectivity index (χ1) is 15.2. The molecule has 0 saturated carbocycles. The number of oxazole rings is 1. The van der Waals surface area contributed by atoms with Gasteiger partial charge in [-0.1, -0.05) is 60.7 Å². The highest BCUT2D eigenvalue weighted by Gasteiger charge is 2.28. The molecule has 2 atom stereocenters. The van der Waals surface area contributed by atoms with Crippen LogP contribution in [0.2, 0.25) is 0 Å². The van der Waals surface area contributed by atoms with Crippen molar-refractivity contribution < 1.29 is 19.1 Å². The molecule has 1 amide bonds. The van der Waals surface area contributed by atoms with E-state index in [1.54, 1.807) is 18.3 Å². The van der Waals surface area contributed by atoms with Gasteiger partial charge in [0.15, 0.2) is 17.3 Å². The molecule has 0 saturated heterocycles. The van der Waals surface area contributed by atoms with Gasteiger partial charge in [-0.05, 0) is 36.1 Å². The highest BCUT2D eigenvalue weighted by Crippen LogP contribution is 2.23. The number of benzene rings is 2. The number of rotatable bonds is 8. The zero-order chi connectivity index (χ0) is 21.5. The van der Waals surface area contributed by atoms with Crippen molar-refractivity contribution in [3.63, 3.8) is 0 Å². The van der Waals surface area contributed by atoms with Crippen molar-refractivity contribution >= 4 is 17.3 Å². The van der Waals surface area contributed by atoms with Crippen molar-refractivity contribution in [2.45, 2.75) is 31.6 Å². The standard InChI is InChI=1S/C24H23N3O4/c28-21(23-27-22-20(31-23)12-7-15-25-22)19(14-13-17-8-3-1-4-9-17)26-24(29)30-16-18-10-5-2-6-11-18/h1-12,15,19,21,28H,13-14,16H2,(H,26,29)/t19-,21?/m1/s1. The Balaban J connectivity index is 1.46. The molecule has 0 aliphatic carbocycles. The molecule has 0 fully saturated rings. The molecule has 4 aromatic rings. The molecule has 7 nitrogen and oxygen atoms in total. The number of aryl methyl sites for hydroxylation is 1. The molecule has 1 unspecified atom stereocenters. The maximum Gasteiger partial charge on any atom is 0.407 e. The van der Waals surface area contributed by atoms with E-state index in [2.05, 4.69) is 15.3 Å². The summed E-state index contributed by atoms with van der Waals surface area (Å²) in [6.45, 7) is 0.140. The average molecular weight is 417 g/mol. The van der Waals surface area contributed by atoms with Crippen LogP contribution in [0.1, 0.15) is 29.5 Å². The normalized spacial score (nSPS) is 12.9. The SMILES string of the molecule is O=C(N[C@H](CCc1ccccc1)C(O)c1nc2ncccc2o1)OCc1ccccc1. The van der Waals surface area contributed by atoms with Gasteiger partial charge in [-0.15, -0.1) is 0 Å². The minimum atomic E-state index is -1.15. The van der Waals surface area contributed by atoms with E-state index in [0.29, 0.717) is 24.1 Å². The van der Waals surface area contributed by atoms with Gasteiger partial charge in [-0.3, -0.25) is 0 Å². The molecular formula is C24H23N3O4. The molecule has 2 heterocycles. The van der Waals surface area contributed by atoms with Crippen LogP contribution < -0.4 is 5.32 Å². The number of alkyl carbamates (subject to hydrolysis) is 1. The third-order valence-corrected chi connectivity index (χ3v) is 4.92. The second kappa shape index (κ2) is 9.86. The lowest BCUT2D eigenvalue weighted by Crippen LogP contribution is -2.40. The van der Waals surface area contributed by atoms with Crippen molar-refractivity contribution in [1.29, 1.82) is 0 Å². The Labute approximate surface area is 179 Å². The van der Waals surface area contributed by atoms with Gasteiger partial charge in [0.2, 0.25) is 5.89 Å². The van der Waals surface area contributed by atoms with Gasteiger partial charge in [0, 0.05) is 6.20 Å². The molecule has 158 valence electrons. The zero-order valence-electron chi connectivity index (χ0n) is 16.8. The number of nitrogens with one attached hydrogen (secondary N) is 1. The fourth-order valence-corrected chi connectivity index (χ4v) is 3.28. The van der Waals surface area contributed by atoms with Crippen LogP contribution in [-0.2, 0) is 17.8 Å². The number of hydrogen-bond donors (Lipinski definition) is 2. The Hall–Kier alpha value is -3.71. The van der Waals surface area contributed by atoms with Crippen LogP contribution in [0.5, 0.6) is 0 Å². The lowest BCUT2D eigenvalue weighted by atomic mass is 10.0. The summed E-state index contributed by atoms with van der Waals surface area (Å²) in [6, 6.07) is 22.1. The van der Waals surface area contributed by atoms with Crippen molar-refractivity contribution in [1.82, 2.24) is 15.3 Å². The highest BCUT2D eigenvalue weighted by molar-refractivity contribution is 5.68. The maximum absolute atomic E-state index is 12.4. The summed E-state index contributed by atoms with van der Waals surface area (Å²) in [7, 11) is 0. The molecule has 0 bridgehead atoms. The number of aliphatic hydroxyl groups is 1. The summed E-state index contributed by atoms with van der Waals surface area (Å²) >= 11 is 0. The third kappa shape index (κ3) is 5.46. The first-order valence-electron chi connectivity index (χ1n) is 10.1.